The van der Waals surface area contributed by atoms with Crippen molar-refractivity contribution in [2.45, 2.75) is 19.3 Å². The molecule has 0 spiro atoms. The molecule has 0 bridgehead atoms. The first-order valence-corrected chi connectivity index (χ1v) is 7.54. The Balaban J connectivity index is 1.92. The van der Waals surface area contributed by atoms with Crippen molar-refractivity contribution in [3.63, 3.8) is 0 Å². The van der Waals surface area contributed by atoms with Gasteiger partial charge in [0.15, 0.2) is 0 Å². The molecule has 1 N–H and O–H groups in total. The highest BCUT2D eigenvalue weighted by molar-refractivity contribution is 5.99. The van der Waals surface area contributed by atoms with Crippen LogP contribution in [0.1, 0.15) is 19.3 Å². The lowest BCUT2D eigenvalue weighted by molar-refractivity contribution is -0.384. The quantitative estimate of drug-likeness (QED) is 0.668. The Labute approximate surface area is 132 Å². The van der Waals surface area contributed by atoms with Crippen LogP contribution in [0.25, 0.3) is 0 Å². The second-order valence-electron chi connectivity index (χ2n) is 5.87. The fourth-order valence-electron chi connectivity index (χ4n) is 3.17. The Morgan fingerprint density at radius 1 is 1.30 bits per heavy atom. The Morgan fingerprint density at radius 2 is 2.00 bits per heavy atom. The van der Waals surface area contributed by atoms with Crippen LogP contribution in [0.2, 0.25) is 0 Å². The Hall–Kier alpha value is -2.64. The van der Waals surface area contributed by atoms with Crippen LogP contribution in [-0.4, -0.2) is 41.5 Å². The van der Waals surface area contributed by atoms with Crippen molar-refractivity contribution in [1.82, 2.24) is 0 Å². The molecule has 8 nitrogen and oxygen atoms in total. The van der Waals surface area contributed by atoms with E-state index in [9.17, 15) is 19.7 Å². The first kappa shape index (κ1) is 15.3. The first-order chi connectivity index (χ1) is 11.0. The monoisotopic (exact) mass is 319 g/mol. The second-order valence-corrected chi connectivity index (χ2v) is 5.87. The number of carbonyl (C=O) groups is 2. The first-order valence-electron chi connectivity index (χ1n) is 7.54. The third-order valence-corrected chi connectivity index (χ3v) is 4.39. The maximum Gasteiger partial charge on any atom is 0.308 e. The van der Waals surface area contributed by atoms with Crippen LogP contribution >= 0.6 is 0 Å². The van der Waals surface area contributed by atoms with Gasteiger partial charge in [0, 0.05) is 32.1 Å². The van der Waals surface area contributed by atoms with Crippen LogP contribution in [-0.2, 0) is 9.59 Å². The molecule has 2 aliphatic rings. The van der Waals surface area contributed by atoms with E-state index < -0.39 is 16.8 Å². The number of hydrogen-bond acceptors (Lipinski definition) is 5. The number of hydrogen-bond donors (Lipinski definition) is 1. The van der Waals surface area contributed by atoms with E-state index in [0.29, 0.717) is 11.4 Å². The van der Waals surface area contributed by atoms with Crippen molar-refractivity contribution < 1.29 is 19.6 Å². The van der Waals surface area contributed by atoms with Crippen molar-refractivity contribution in [3.8, 4) is 0 Å². The number of nitrogens with zero attached hydrogens (tertiary/aromatic N) is 3. The molecule has 2 fully saturated rings. The molecule has 2 heterocycles. The van der Waals surface area contributed by atoms with E-state index in [1.54, 1.807) is 12.1 Å². The van der Waals surface area contributed by atoms with E-state index in [0.717, 1.165) is 25.9 Å². The van der Waals surface area contributed by atoms with Crippen LogP contribution in [0.4, 0.5) is 17.1 Å². The highest BCUT2D eigenvalue weighted by Crippen LogP contribution is 2.36. The fraction of sp³-hybridized carbons (Fsp3) is 0.467. The average Bonchev–Trinajstić information content (AvgIpc) is 3.16. The van der Waals surface area contributed by atoms with Crippen molar-refractivity contribution in [2.75, 3.05) is 29.4 Å². The Morgan fingerprint density at radius 3 is 2.57 bits per heavy atom. The molecule has 1 amide bonds. The van der Waals surface area contributed by atoms with E-state index in [1.165, 1.54) is 11.0 Å². The highest BCUT2D eigenvalue weighted by Gasteiger charge is 2.36. The second kappa shape index (κ2) is 5.86. The van der Waals surface area contributed by atoms with Gasteiger partial charge in [0.05, 0.1) is 16.5 Å². The lowest BCUT2D eigenvalue weighted by Gasteiger charge is -2.20. The van der Waals surface area contributed by atoms with Gasteiger partial charge in [0.2, 0.25) is 5.91 Å². The highest BCUT2D eigenvalue weighted by atomic mass is 16.6. The molecule has 1 atom stereocenters. The summed E-state index contributed by atoms with van der Waals surface area (Å²) in [4.78, 5) is 37.2. The summed E-state index contributed by atoms with van der Waals surface area (Å²) >= 11 is 0. The average molecular weight is 319 g/mol. The molecule has 0 unspecified atom stereocenters. The van der Waals surface area contributed by atoms with Gasteiger partial charge in [-0.1, -0.05) is 0 Å². The van der Waals surface area contributed by atoms with Gasteiger partial charge in [-0.2, -0.15) is 0 Å². The standard InChI is InChI=1S/C15H17N3O5/c19-14-7-10(15(20)21)9-17(14)11-3-4-12(13(8-11)18(22)23)16-5-1-2-6-16/h3-4,8,10H,1-2,5-7,9H2,(H,20,21)/t10-/m1/s1. The van der Waals surface area contributed by atoms with Gasteiger partial charge >= 0.3 is 5.97 Å². The topological polar surface area (TPSA) is 104 Å². The molecule has 0 radical (unpaired) electrons. The number of nitro groups is 1. The number of nitro benzene ring substituents is 1. The molecule has 0 aliphatic carbocycles. The van der Waals surface area contributed by atoms with Crippen molar-refractivity contribution in [1.29, 1.82) is 0 Å². The van der Waals surface area contributed by atoms with Crippen molar-refractivity contribution in [3.05, 3.63) is 28.3 Å². The number of benzene rings is 1. The zero-order chi connectivity index (χ0) is 16.6. The summed E-state index contributed by atoms with van der Waals surface area (Å²) in [6, 6.07) is 4.68. The zero-order valence-electron chi connectivity index (χ0n) is 12.5. The van der Waals surface area contributed by atoms with Gasteiger partial charge in [-0.05, 0) is 25.0 Å². The molecule has 122 valence electrons. The minimum Gasteiger partial charge on any atom is -0.481 e. The predicted molar refractivity (Wildman–Crippen MR) is 82.6 cm³/mol. The van der Waals surface area contributed by atoms with Crippen LogP contribution in [0, 0.1) is 16.0 Å². The summed E-state index contributed by atoms with van der Waals surface area (Å²) in [6.45, 7) is 1.61. The third-order valence-electron chi connectivity index (χ3n) is 4.39. The van der Waals surface area contributed by atoms with Gasteiger partial charge in [0.1, 0.15) is 5.69 Å². The van der Waals surface area contributed by atoms with Crippen LogP contribution < -0.4 is 9.80 Å². The number of carbonyl (C=O) groups excluding carboxylic acids is 1. The summed E-state index contributed by atoms with van der Waals surface area (Å²) in [5.41, 5.74) is 0.891. The zero-order valence-corrected chi connectivity index (χ0v) is 12.5. The van der Waals surface area contributed by atoms with Crippen LogP contribution in [0.5, 0.6) is 0 Å². The Bertz CT molecular complexity index is 669. The summed E-state index contributed by atoms with van der Waals surface area (Å²) in [6.07, 6.45) is 1.94. The molecule has 1 aromatic carbocycles. The minimum absolute atomic E-state index is 0.0454. The van der Waals surface area contributed by atoms with Crippen molar-refractivity contribution >= 4 is 28.9 Å². The van der Waals surface area contributed by atoms with Gasteiger partial charge in [-0.15, -0.1) is 0 Å². The molecule has 1 aromatic rings. The number of amides is 1. The van der Waals surface area contributed by atoms with Crippen molar-refractivity contribution in [2.24, 2.45) is 5.92 Å². The van der Waals surface area contributed by atoms with E-state index in [1.807, 2.05) is 4.90 Å². The van der Waals surface area contributed by atoms with E-state index >= 15 is 0 Å². The fourth-order valence-corrected chi connectivity index (χ4v) is 3.17. The third kappa shape index (κ3) is 2.84. The molecule has 3 rings (SSSR count). The normalized spacial score (nSPS) is 21.0. The van der Waals surface area contributed by atoms with Gasteiger partial charge < -0.3 is 14.9 Å². The molecule has 8 heteroatoms. The lowest BCUT2D eigenvalue weighted by Crippen LogP contribution is -2.26. The SMILES string of the molecule is O=C(O)[C@@H]1CC(=O)N(c2ccc(N3CCCC3)c([N+](=O)[O-])c2)C1. The van der Waals surface area contributed by atoms with Crippen LogP contribution in [0.3, 0.4) is 0 Å². The maximum atomic E-state index is 12.0. The number of aliphatic carboxylic acids is 1. The molecule has 2 aliphatic heterocycles. The molecule has 23 heavy (non-hydrogen) atoms. The smallest absolute Gasteiger partial charge is 0.308 e. The summed E-state index contributed by atoms with van der Waals surface area (Å²) in [7, 11) is 0. The Kier molecular flexibility index (Phi) is 3.89. The minimum atomic E-state index is -1.02. The molecular weight excluding hydrogens is 302 g/mol. The van der Waals surface area contributed by atoms with Gasteiger partial charge in [-0.3, -0.25) is 19.7 Å². The van der Waals surface area contributed by atoms with E-state index in [2.05, 4.69) is 0 Å². The van der Waals surface area contributed by atoms with Crippen LogP contribution in [0.15, 0.2) is 18.2 Å². The maximum absolute atomic E-state index is 12.0. The predicted octanol–water partition coefficient (Wildman–Crippen LogP) is 1.63. The molecule has 2 saturated heterocycles. The summed E-state index contributed by atoms with van der Waals surface area (Å²) in [5, 5.41) is 20.4. The largest absolute Gasteiger partial charge is 0.481 e. The van der Waals surface area contributed by atoms with Gasteiger partial charge in [-0.25, -0.2) is 0 Å². The summed E-state index contributed by atoms with van der Waals surface area (Å²) < 4.78 is 0. The lowest BCUT2D eigenvalue weighted by atomic mass is 10.1. The van der Waals surface area contributed by atoms with Gasteiger partial charge in [0.25, 0.3) is 5.69 Å². The number of rotatable bonds is 4. The molecule has 0 aromatic heterocycles. The number of carboxylic acids is 1. The number of carboxylic acid groups (broad SMARTS) is 1. The van der Waals surface area contributed by atoms with E-state index in [4.69, 9.17) is 5.11 Å². The number of anilines is 2. The molecule has 0 saturated carbocycles. The molecular formula is C15H17N3O5. The summed E-state index contributed by atoms with van der Waals surface area (Å²) in [5.74, 6) is -2.11. The van der Waals surface area contributed by atoms with E-state index in [-0.39, 0.29) is 24.6 Å².